The molecule has 0 bridgehead atoms. The molecular weight excluding hydrogens is 430 g/mol. The summed E-state index contributed by atoms with van der Waals surface area (Å²) in [5.74, 6) is -1.51. The molecular formula is C21H18ClNO4S2. The molecule has 1 aliphatic rings. The second-order valence-electron chi connectivity index (χ2n) is 6.99. The van der Waals surface area contributed by atoms with Crippen LogP contribution < -0.4 is 0 Å². The minimum absolute atomic E-state index is 0.115. The van der Waals surface area contributed by atoms with Crippen molar-refractivity contribution >= 4 is 38.9 Å². The molecule has 1 fully saturated rings. The molecule has 0 saturated heterocycles. The number of carbonyl (C=O) groups is 1. The van der Waals surface area contributed by atoms with Gasteiger partial charge in [0.2, 0.25) is 0 Å². The summed E-state index contributed by atoms with van der Waals surface area (Å²) in [6.45, 7) is 0. The van der Waals surface area contributed by atoms with Crippen molar-refractivity contribution in [3.8, 4) is 10.4 Å². The number of hydrogen-bond acceptors (Lipinski definition) is 4. The highest BCUT2D eigenvalue weighted by atomic mass is 35.5. The Kier molecular flexibility index (Phi) is 5.02. The van der Waals surface area contributed by atoms with Crippen LogP contribution in [0.1, 0.15) is 17.9 Å². The third-order valence-corrected chi connectivity index (χ3v) is 9.14. The van der Waals surface area contributed by atoms with E-state index in [9.17, 15) is 18.3 Å². The van der Waals surface area contributed by atoms with Crippen LogP contribution in [0.4, 0.5) is 0 Å². The quantitative estimate of drug-likeness (QED) is 0.594. The Bertz CT molecular complexity index is 1160. The molecule has 0 amide bonds. The SMILES string of the molecule is CN([C@@]1(C(=O)O)C[C@H]1c1ccccc1)S(=O)(=O)c1ccc(-c2ccc(Cl)cc2)s1. The molecule has 1 N–H and O–H groups in total. The molecule has 0 spiro atoms. The summed E-state index contributed by atoms with van der Waals surface area (Å²) >= 11 is 7.03. The predicted molar refractivity (Wildman–Crippen MR) is 114 cm³/mol. The van der Waals surface area contributed by atoms with Crippen molar-refractivity contribution in [2.24, 2.45) is 0 Å². The Hall–Kier alpha value is -2.19. The summed E-state index contributed by atoms with van der Waals surface area (Å²) < 4.78 is 27.6. The number of hydrogen-bond donors (Lipinski definition) is 1. The summed E-state index contributed by atoms with van der Waals surface area (Å²) in [4.78, 5) is 12.9. The molecule has 2 aromatic carbocycles. The van der Waals surface area contributed by atoms with E-state index in [4.69, 9.17) is 11.6 Å². The van der Waals surface area contributed by atoms with Crippen molar-refractivity contribution < 1.29 is 18.3 Å². The van der Waals surface area contributed by atoms with Crippen LogP contribution in [0.2, 0.25) is 5.02 Å². The molecule has 0 radical (unpaired) electrons. The van der Waals surface area contributed by atoms with Gasteiger partial charge in [0.15, 0.2) is 0 Å². The molecule has 1 aromatic heterocycles. The van der Waals surface area contributed by atoms with E-state index >= 15 is 0 Å². The number of carboxylic acid groups (broad SMARTS) is 1. The van der Waals surface area contributed by atoms with Crippen LogP contribution >= 0.6 is 22.9 Å². The molecule has 1 aliphatic carbocycles. The summed E-state index contributed by atoms with van der Waals surface area (Å²) in [7, 11) is -2.62. The fourth-order valence-corrected chi connectivity index (χ4v) is 6.74. The van der Waals surface area contributed by atoms with Crippen molar-refractivity contribution in [3.63, 3.8) is 0 Å². The van der Waals surface area contributed by atoms with Crippen molar-refractivity contribution in [2.45, 2.75) is 22.1 Å². The van der Waals surface area contributed by atoms with Crippen LogP contribution in [0.5, 0.6) is 0 Å². The van der Waals surface area contributed by atoms with Crippen LogP contribution in [0.15, 0.2) is 70.9 Å². The highest BCUT2D eigenvalue weighted by Gasteiger charge is 2.66. The number of likely N-dealkylation sites (N-methyl/N-ethyl adjacent to an activating group) is 1. The second-order valence-corrected chi connectivity index (χ2v) is 10.7. The van der Waals surface area contributed by atoms with Crippen LogP contribution in [0, 0.1) is 0 Å². The third-order valence-electron chi connectivity index (χ3n) is 5.39. The largest absolute Gasteiger partial charge is 0.480 e. The molecule has 4 rings (SSSR count). The van der Waals surface area contributed by atoms with Gasteiger partial charge >= 0.3 is 5.97 Å². The van der Waals surface area contributed by atoms with Gasteiger partial charge in [-0.05, 0) is 41.8 Å². The van der Waals surface area contributed by atoms with Crippen LogP contribution in [-0.2, 0) is 14.8 Å². The first-order chi connectivity index (χ1) is 13.8. The van der Waals surface area contributed by atoms with Gasteiger partial charge < -0.3 is 5.11 Å². The number of halogens is 1. The lowest BCUT2D eigenvalue weighted by Gasteiger charge is -2.24. The summed E-state index contributed by atoms with van der Waals surface area (Å²) in [5, 5.41) is 10.5. The van der Waals surface area contributed by atoms with E-state index in [0.717, 1.165) is 31.6 Å². The average Bonchev–Trinajstić information content (AvgIpc) is 3.28. The van der Waals surface area contributed by atoms with E-state index in [1.165, 1.54) is 13.1 Å². The van der Waals surface area contributed by atoms with Gasteiger partial charge in [-0.15, -0.1) is 11.3 Å². The lowest BCUT2D eigenvalue weighted by Crippen LogP contribution is -2.45. The van der Waals surface area contributed by atoms with Crippen LogP contribution in [0.3, 0.4) is 0 Å². The van der Waals surface area contributed by atoms with Gasteiger partial charge in [0, 0.05) is 22.9 Å². The maximum absolute atomic E-state index is 13.3. The van der Waals surface area contributed by atoms with Gasteiger partial charge in [-0.25, -0.2) is 8.42 Å². The van der Waals surface area contributed by atoms with Crippen molar-refractivity contribution in [1.82, 2.24) is 4.31 Å². The predicted octanol–water partition coefficient (Wildman–Crippen LogP) is 4.70. The topological polar surface area (TPSA) is 74.7 Å². The molecule has 5 nitrogen and oxygen atoms in total. The first-order valence-electron chi connectivity index (χ1n) is 8.90. The number of nitrogens with zero attached hydrogens (tertiary/aromatic N) is 1. The van der Waals surface area contributed by atoms with Gasteiger partial charge in [-0.1, -0.05) is 54.1 Å². The number of benzene rings is 2. The number of aliphatic carboxylic acids is 1. The molecule has 3 aromatic rings. The maximum atomic E-state index is 13.3. The molecule has 0 aliphatic heterocycles. The number of sulfonamides is 1. The minimum atomic E-state index is -3.97. The summed E-state index contributed by atoms with van der Waals surface area (Å²) in [6, 6.07) is 19.5. The molecule has 150 valence electrons. The Balaban J connectivity index is 1.66. The zero-order chi connectivity index (χ0) is 20.8. The molecule has 1 heterocycles. The van der Waals surface area contributed by atoms with Crippen molar-refractivity contribution in [3.05, 3.63) is 77.3 Å². The first kappa shape index (κ1) is 20.1. The fourth-order valence-electron chi connectivity index (χ4n) is 3.63. The Morgan fingerprint density at radius 1 is 1.10 bits per heavy atom. The normalized spacial score (nSPS) is 21.3. The van der Waals surface area contributed by atoms with E-state index in [2.05, 4.69) is 0 Å². The molecule has 29 heavy (non-hydrogen) atoms. The molecule has 2 atom stereocenters. The van der Waals surface area contributed by atoms with Crippen LogP contribution in [0.25, 0.3) is 10.4 Å². The average molecular weight is 448 g/mol. The molecule has 8 heteroatoms. The molecule has 0 unspecified atom stereocenters. The highest BCUT2D eigenvalue weighted by molar-refractivity contribution is 7.91. The Labute approximate surface area is 178 Å². The fraction of sp³-hybridized carbons (Fsp3) is 0.190. The van der Waals surface area contributed by atoms with Gasteiger partial charge in [0.1, 0.15) is 9.75 Å². The van der Waals surface area contributed by atoms with Gasteiger partial charge in [0.25, 0.3) is 10.0 Å². The van der Waals surface area contributed by atoms with Crippen LogP contribution in [-0.4, -0.2) is 36.4 Å². The lowest BCUT2D eigenvalue weighted by atomic mass is 10.1. The van der Waals surface area contributed by atoms with E-state index < -0.39 is 21.5 Å². The lowest BCUT2D eigenvalue weighted by molar-refractivity contribution is -0.142. The zero-order valence-corrected chi connectivity index (χ0v) is 17.8. The minimum Gasteiger partial charge on any atom is -0.480 e. The van der Waals surface area contributed by atoms with E-state index in [1.54, 1.807) is 18.2 Å². The Morgan fingerprint density at radius 2 is 1.76 bits per heavy atom. The number of rotatable bonds is 6. The van der Waals surface area contributed by atoms with Crippen molar-refractivity contribution in [1.29, 1.82) is 0 Å². The monoisotopic (exact) mass is 447 g/mol. The number of carboxylic acids is 1. The van der Waals surface area contributed by atoms with Gasteiger partial charge in [-0.2, -0.15) is 4.31 Å². The number of thiophene rings is 1. The van der Waals surface area contributed by atoms with Crippen molar-refractivity contribution in [2.75, 3.05) is 7.05 Å². The summed E-state index contributed by atoms with van der Waals surface area (Å²) in [5.41, 5.74) is 0.208. The van der Waals surface area contributed by atoms with E-state index in [1.807, 2.05) is 42.5 Å². The smallest absolute Gasteiger partial charge is 0.325 e. The zero-order valence-electron chi connectivity index (χ0n) is 15.4. The summed E-state index contributed by atoms with van der Waals surface area (Å²) in [6.07, 6.45) is 0.248. The highest BCUT2D eigenvalue weighted by Crippen LogP contribution is 2.56. The van der Waals surface area contributed by atoms with Gasteiger partial charge in [-0.3, -0.25) is 4.79 Å². The standard InChI is InChI=1S/C21H18ClNO4S2/c1-23(21(20(24)25)13-17(21)14-5-3-2-4-6-14)29(26,27)19-12-11-18(28-19)15-7-9-16(22)10-8-15/h2-12,17H,13H2,1H3,(H,24,25)/t17-,21-/m0/s1. The third kappa shape index (κ3) is 3.38. The Morgan fingerprint density at radius 3 is 2.38 bits per heavy atom. The maximum Gasteiger partial charge on any atom is 0.325 e. The molecule has 1 saturated carbocycles. The van der Waals surface area contributed by atoms with E-state index in [-0.39, 0.29) is 16.5 Å². The van der Waals surface area contributed by atoms with E-state index in [0.29, 0.717) is 5.02 Å². The van der Waals surface area contributed by atoms with Gasteiger partial charge in [0.05, 0.1) is 0 Å². The first-order valence-corrected chi connectivity index (χ1v) is 11.5. The second kappa shape index (κ2) is 7.25.